The summed E-state index contributed by atoms with van der Waals surface area (Å²) in [6.07, 6.45) is 2.03. The van der Waals surface area contributed by atoms with Gasteiger partial charge in [0.15, 0.2) is 0 Å². The van der Waals surface area contributed by atoms with E-state index in [9.17, 15) is 14.9 Å². The summed E-state index contributed by atoms with van der Waals surface area (Å²) in [5.74, 6) is -0.149. The van der Waals surface area contributed by atoms with Gasteiger partial charge in [-0.2, -0.15) is 0 Å². The minimum atomic E-state index is -0.568. The van der Waals surface area contributed by atoms with E-state index in [1.165, 1.54) is 18.2 Å². The summed E-state index contributed by atoms with van der Waals surface area (Å²) in [5.41, 5.74) is 0.201. The molecule has 17 heavy (non-hydrogen) atoms. The minimum absolute atomic E-state index is 0.00922. The van der Waals surface area contributed by atoms with Crippen LogP contribution in [0, 0.1) is 10.1 Å². The van der Waals surface area contributed by atoms with Crippen molar-refractivity contribution < 1.29 is 9.72 Å². The Bertz CT molecular complexity index is 486. The molecule has 1 amide bonds. The third-order valence-corrected chi connectivity index (χ3v) is 3.11. The zero-order valence-corrected chi connectivity index (χ0v) is 9.98. The largest absolute Gasteiger partial charge is 0.339 e. The zero-order valence-electron chi connectivity index (χ0n) is 9.22. The topological polar surface area (TPSA) is 63.5 Å². The van der Waals surface area contributed by atoms with Crippen molar-refractivity contribution in [2.75, 3.05) is 7.05 Å². The van der Waals surface area contributed by atoms with Gasteiger partial charge in [-0.15, -0.1) is 0 Å². The molecule has 1 aromatic carbocycles. The van der Waals surface area contributed by atoms with Gasteiger partial charge in [0.25, 0.3) is 11.6 Å². The van der Waals surface area contributed by atoms with Crippen LogP contribution in [-0.2, 0) is 0 Å². The van der Waals surface area contributed by atoms with E-state index in [0.29, 0.717) is 11.6 Å². The molecule has 0 radical (unpaired) electrons. The summed E-state index contributed by atoms with van der Waals surface area (Å²) in [7, 11) is 1.73. The Morgan fingerprint density at radius 3 is 2.65 bits per heavy atom. The zero-order chi connectivity index (χ0) is 12.6. The van der Waals surface area contributed by atoms with Gasteiger partial charge in [0, 0.05) is 24.7 Å². The van der Waals surface area contributed by atoms with Crippen molar-refractivity contribution in [2.45, 2.75) is 18.9 Å². The second-order valence-corrected chi connectivity index (χ2v) is 4.48. The smallest absolute Gasteiger partial charge is 0.287 e. The number of halogens is 1. The monoisotopic (exact) mass is 254 g/mol. The molecule has 0 aromatic heterocycles. The van der Waals surface area contributed by atoms with E-state index in [1.54, 1.807) is 11.9 Å². The van der Waals surface area contributed by atoms with Crippen LogP contribution in [0.3, 0.4) is 0 Å². The fourth-order valence-electron chi connectivity index (χ4n) is 1.62. The van der Waals surface area contributed by atoms with E-state index in [-0.39, 0.29) is 16.6 Å². The first kappa shape index (κ1) is 11.9. The highest BCUT2D eigenvalue weighted by atomic mass is 35.5. The lowest BCUT2D eigenvalue weighted by molar-refractivity contribution is -0.384. The van der Waals surface area contributed by atoms with Crippen LogP contribution in [-0.4, -0.2) is 28.8 Å². The number of rotatable bonds is 3. The second kappa shape index (κ2) is 4.33. The Labute approximate surface area is 103 Å². The van der Waals surface area contributed by atoms with Gasteiger partial charge in [0.05, 0.1) is 4.92 Å². The lowest BCUT2D eigenvalue weighted by Gasteiger charge is -2.16. The number of hydrogen-bond acceptors (Lipinski definition) is 3. The Balaban J connectivity index is 2.24. The highest BCUT2D eigenvalue weighted by Crippen LogP contribution is 2.29. The molecule has 0 unspecified atom stereocenters. The van der Waals surface area contributed by atoms with Crippen LogP contribution in [0.2, 0.25) is 5.02 Å². The van der Waals surface area contributed by atoms with E-state index in [0.717, 1.165) is 12.8 Å². The summed E-state index contributed by atoms with van der Waals surface area (Å²) in [5, 5.41) is 10.6. The van der Waals surface area contributed by atoms with Crippen molar-refractivity contribution in [3.8, 4) is 0 Å². The standard InChI is InChI=1S/C11H11ClN2O3/c1-13(8-3-4-8)11(15)7-2-5-10(14(16)17)9(12)6-7/h2,5-6,8H,3-4H2,1H3. The first-order valence-electron chi connectivity index (χ1n) is 5.22. The molecular weight excluding hydrogens is 244 g/mol. The summed E-state index contributed by atoms with van der Waals surface area (Å²) in [6, 6.07) is 4.35. The van der Waals surface area contributed by atoms with Gasteiger partial charge >= 0.3 is 0 Å². The maximum absolute atomic E-state index is 12.0. The fraction of sp³-hybridized carbons (Fsp3) is 0.364. The summed E-state index contributed by atoms with van der Waals surface area (Å²) in [4.78, 5) is 23.6. The van der Waals surface area contributed by atoms with Gasteiger partial charge in [-0.05, 0) is 25.0 Å². The molecule has 2 rings (SSSR count). The molecule has 0 N–H and O–H groups in total. The molecule has 0 saturated heterocycles. The summed E-state index contributed by atoms with van der Waals surface area (Å²) >= 11 is 5.76. The van der Waals surface area contributed by atoms with Crippen molar-refractivity contribution >= 4 is 23.2 Å². The number of nitro groups is 1. The predicted molar refractivity (Wildman–Crippen MR) is 63.2 cm³/mol. The van der Waals surface area contributed by atoms with Crippen LogP contribution in [0.15, 0.2) is 18.2 Å². The Morgan fingerprint density at radius 2 is 2.18 bits per heavy atom. The van der Waals surface area contributed by atoms with E-state index in [4.69, 9.17) is 11.6 Å². The minimum Gasteiger partial charge on any atom is -0.339 e. The molecule has 1 aromatic rings. The van der Waals surface area contributed by atoms with Crippen LogP contribution in [0.4, 0.5) is 5.69 Å². The number of amides is 1. The number of carbonyl (C=O) groups is 1. The number of nitro benzene ring substituents is 1. The lowest BCUT2D eigenvalue weighted by Crippen LogP contribution is -2.28. The normalized spacial score (nSPS) is 14.5. The average molecular weight is 255 g/mol. The second-order valence-electron chi connectivity index (χ2n) is 4.07. The molecule has 1 aliphatic rings. The van der Waals surface area contributed by atoms with Crippen molar-refractivity contribution in [1.82, 2.24) is 4.90 Å². The van der Waals surface area contributed by atoms with Gasteiger partial charge in [0.1, 0.15) is 5.02 Å². The van der Waals surface area contributed by atoms with E-state index < -0.39 is 4.92 Å². The SMILES string of the molecule is CN(C(=O)c1ccc([N+](=O)[O-])c(Cl)c1)C1CC1. The molecule has 5 nitrogen and oxygen atoms in total. The van der Waals surface area contributed by atoms with Gasteiger partial charge in [-0.3, -0.25) is 14.9 Å². The molecule has 1 fully saturated rings. The first-order valence-corrected chi connectivity index (χ1v) is 5.59. The number of benzene rings is 1. The highest BCUT2D eigenvalue weighted by Gasteiger charge is 2.30. The Morgan fingerprint density at radius 1 is 1.53 bits per heavy atom. The third kappa shape index (κ3) is 2.39. The molecule has 0 spiro atoms. The van der Waals surface area contributed by atoms with E-state index in [2.05, 4.69) is 0 Å². The molecule has 0 bridgehead atoms. The summed E-state index contributed by atoms with van der Waals surface area (Å²) < 4.78 is 0. The average Bonchev–Trinajstić information content (AvgIpc) is 3.10. The van der Waals surface area contributed by atoms with Crippen molar-refractivity contribution in [3.05, 3.63) is 38.9 Å². The Hall–Kier alpha value is -1.62. The first-order chi connectivity index (χ1) is 8.00. The quantitative estimate of drug-likeness (QED) is 0.615. The molecule has 0 atom stereocenters. The lowest BCUT2D eigenvalue weighted by atomic mass is 10.2. The number of hydrogen-bond donors (Lipinski definition) is 0. The van der Waals surface area contributed by atoms with Crippen molar-refractivity contribution in [2.24, 2.45) is 0 Å². The molecule has 6 heteroatoms. The molecule has 0 heterocycles. The third-order valence-electron chi connectivity index (χ3n) is 2.81. The molecule has 1 saturated carbocycles. The van der Waals surface area contributed by atoms with Crippen LogP contribution < -0.4 is 0 Å². The fourth-order valence-corrected chi connectivity index (χ4v) is 1.87. The van der Waals surface area contributed by atoms with Crippen LogP contribution >= 0.6 is 11.6 Å². The number of carbonyl (C=O) groups excluding carboxylic acids is 1. The highest BCUT2D eigenvalue weighted by molar-refractivity contribution is 6.33. The van der Waals surface area contributed by atoms with Crippen LogP contribution in [0.5, 0.6) is 0 Å². The van der Waals surface area contributed by atoms with Crippen LogP contribution in [0.1, 0.15) is 23.2 Å². The molecule has 90 valence electrons. The van der Waals surface area contributed by atoms with Gasteiger partial charge in [-0.25, -0.2) is 0 Å². The summed E-state index contributed by atoms with van der Waals surface area (Å²) in [6.45, 7) is 0. The van der Waals surface area contributed by atoms with E-state index in [1.807, 2.05) is 0 Å². The molecule has 0 aliphatic heterocycles. The predicted octanol–water partition coefficient (Wildman–Crippen LogP) is 2.48. The van der Waals surface area contributed by atoms with Crippen molar-refractivity contribution in [1.29, 1.82) is 0 Å². The maximum Gasteiger partial charge on any atom is 0.287 e. The van der Waals surface area contributed by atoms with Gasteiger partial charge in [0.2, 0.25) is 0 Å². The molecule has 1 aliphatic carbocycles. The van der Waals surface area contributed by atoms with E-state index >= 15 is 0 Å². The molecular formula is C11H11ClN2O3. The van der Waals surface area contributed by atoms with Crippen LogP contribution in [0.25, 0.3) is 0 Å². The van der Waals surface area contributed by atoms with Crippen molar-refractivity contribution in [3.63, 3.8) is 0 Å². The Kier molecular flexibility index (Phi) is 3.02. The van der Waals surface area contributed by atoms with Gasteiger partial charge in [-0.1, -0.05) is 11.6 Å². The number of nitrogens with zero attached hydrogens (tertiary/aromatic N) is 2. The van der Waals surface area contributed by atoms with Gasteiger partial charge < -0.3 is 4.90 Å². The maximum atomic E-state index is 12.0.